The molecule has 110 valence electrons. The number of carbonyl (C=O) groups is 1. The number of aliphatic hydroxyl groups is 1. The van der Waals surface area contributed by atoms with Crippen LogP contribution < -0.4 is 0 Å². The summed E-state index contributed by atoms with van der Waals surface area (Å²) in [5.74, 6) is 1.57. The Morgan fingerprint density at radius 3 is 2.55 bits per heavy atom. The van der Waals surface area contributed by atoms with Gasteiger partial charge in [0.2, 0.25) is 0 Å². The zero-order chi connectivity index (χ0) is 14.8. The Bertz CT molecular complexity index is 448. The summed E-state index contributed by atoms with van der Waals surface area (Å²) in [5, 5.41) is 10.7. The zero-order valence-electron chi connectivity index (χ0n) is 12.8. The molecule has 0 heterocycles. The second kappa shape index (κ2) is 6.09. The number of ketones is 1. The maximum Gasteiger partial charge on any atom is 0.136 e. The third kappa shape index (κ3) is 3.49. The van der Waals surface area contributed by atoms with Crippen LogP contribution in [0.5, 0.6) is 0 Å². The molecule has 1 N–H and O–H groups in total. The molecule has 1 aromatic rings. The maximum absolute atomic E-state index is 12.2. The largest absolute Gasteiger partial charge is 0.385 e. The molecule has 1 aromatic carbocycles. The van der Waals surface area contributed by atoms with E-state index in [1.54, 1.807) is 0 Å². The van der Waals surface area contributed by atoms with Crippen molar-refractivity contribution in [3.05, 3.63) is 35.9 Å². The van der Waals surface area contributed by atoms with Crippen LogP contribution in [0.4, 0.5) is 0 Å². The van der Waals surface area contributed by atoms with E-state index < -0.39 is 5.60 Å². The smallest absolute Gasteiger partial charge is 0.136 e. The zero-order valence-corrected chi connectivity index (χ0v) is 12.8. The monoisotopic (exact) mass is 274 g/mol. The summed E-state index contributed by atoms with van der Waals surface area (Å²) in [6.07, 6.45) is 3.16. The number of benzene rings is 1. The minimum Gasteiger partial charge on any atom is -0.385 e. The van der Waals surface area contributed by atoms with Crippen molar-refractivity contribution in [1.29, 1.82) is 0 Å². The standard InChI is InChI=1S/C18H26O2/c1-13(2)14-9-10-17(19)15(11-14)12-18(3,20)16-7-5-4-6-8-16/h4-8,13-15,20H,9-12H2,1-3H3. The Kier molecular flexibility index (Phi) is 4.64. The topological polar surface area (TPSA) is 37.3 Å². The van der Waals surface area contributed by atoms with Crippen LogP contribution in [0.3, 0.4) is 0 Å². The van der Waals surface area contributed by atoms with Gasteiger partial charge in [-0.05, 0) is 43.6 Å². The van der Waals surface area contributed by atoms with E-state index in [0.29, 0.717) is 30.5 Å². The number of hydrogen-bond acceptors (Lipinski definition) is 2. The van der Waals surface area contributed by atoms with E-state index in [0.717, 1.165) is 18.4 Å². The molecule has 0 spiro atoms. The lowest BCUT2D eigenvalue weighted by Crippen LogP contribution is -2.34. The van der Waals surface area contributed by atoms with E-state index in [2.05, 4.69) is 13.8 Å². The molecule has 2 heteroatoms. The summed E-state index contributed by atoms with van der Waals surface area (Å²) in [4.78, 5) is 12.2. The average molecular weight is 274 g/mol. The lowest BCUT2D eigenvalue weighted by molar-refractivity contribution is -0.128. The van der Waals surface area contributed by atoms with Crippen molar-refractivity contribution in [2.24, 2.45) is 17.8 Å². The van der Waals surface area contributed by atoms with Gasteiger partial charge in [-0.1, -0.05) is 44.2 Å². The van der Waals surface area contributed by atoms with E-state index >= 15 is 0 Å². The summed E-state index contributed by atoms with van der Waals surface area (Å²) in [6.45, 7) is 6.29. The Morgan fingerprint density at radius 1 is 1.30 bits per heavy atom. The predicted octanol–water partition coefficient (Wildman–Crippen LogP) is 3.93. The van der Waals surface area contributed by atoms with Crippen molar-refractivity contribution in [3.63, 3.8) is 0 Å². The van der Waals surface area contributed by atoms with Gasteiger partial charge in [-0.2, -0.15) is 0 Å². The van der Waals surface area contributed by atoms with Gasteiger partial charge in [0.15, 0.2) is 0 Å². The highest BCUT2D eigenvalue weighted by Crippen LogP contribution is 2.38. The third-order valence-corrected chi connectivity index (χ3v) is 4.79. The summed E-state index contributed by atoms with van der Waals surface area (Å²) >= 11 is 0. The molecular weight excluding hydrogens is 248 g/mol. The van der Waals surface area contributed by atoms with E-state index in [1.807, 2.05) is 37.3 Å². The summed E-state index contributed by atoms with van der Waals surface area (Å²) < 4.78 is 0. The van der Waals surface area contributed by atoms with Gasteiger partial charge in [0, 0.05) is 12.3 Å². The molecule has 1 aliphatic rings. The summed E-state index contributed by atoms with van der Waals surface area (Å²) in [6, 6.07) is 9.69. The average Bonchev–Trinajstić information content (AvgIpc) is 2.42. The van der Waals surface area contributed by atoms with Crippen LogP contribution in [-0.4, -0.2) is 10.9 Å². The normalized spacial score (nSPS) is 26.6. The molecule has 1 fully saturated rings. The Hall–Kier alpha value is -1.15. The summed E-state index contributed by atoms with van der Waals surface area (Å²) in [7, 11) is 0. The minimum absolute atomic E-state index is 0.00589. The first-order chi connectivity index (χ1) is 9.40. The van der Waals surface area contributed by atoms with Gasteiger partial charge >= 0.3 is 0 Å². The van der Waals surface area contributed by atoms with E-state index in [9.17, 15) is 9.90 Å². The van der Waals surface area contributed by atoms with Crippen LogP contribution in [0, 0.1) is 17.8 Å². The lowest BCUT2D eigenvalue weighted by Gasteiger charge is -2.35. The molecule has 0 bridgehead atoms. The van der Waals surface area contributed by atoms with Crippen molar-refractivity contribution in [2.75, 3.05) is 0 Å². The molecule has 0 amide bonds. The molecule has 2 nitrogen and oxygen atoms in total. The quantitative estimate of drug-likeness (QED) is 0.903. The fourth-order valence-electron chi connectivity index (χ4n) is 3.34. The van der Waals surface area contributed by atoms with Crippen LogP contribution in [0.15, 0.2) is 30.3 Å². The van der Waals surface area contributed by atoms with Crippen molar-refractivity contribution >= 4 is 5.78 Å². The maximum atomic E-state index is 12.2. The van der Waals surface area contributed by atoms with E-state index in [-0.39, 0.29) is 5.92 Å². The van der Waals surface area contributed by atoms with Crippen LogP contribution in [-0.2, 0) is 10.4 Å². The molecule has 0 aliphatic heterocycles. The van der Waals surface area contributed by atoms with Gasteiger partial charge < -0.3 is 5.11 Å². The first-order valence-corrected chi connectivity index (χ1v) is 7.71. The number of Topliss-reactive ketones (excluding diaryl/α,β-unsaturated/α-hetero) is 1. The van der Waals surface area contributed by atoms with Gasteiger partial charge in [-0.25, -0.2) is 0 Å². The highest BCUT2D eigenvalue weighted by molar-refractivity contribution is 5.81. The third-order valence-electron chi connectivity index (χ3n) is 4.79. The molecule has 2 rings (SSSR count). The second-order valence-corrected chi connectivity index (χ2v) is 6.79. The molecule has 1 saturated carbocycles. The number of hydrogen-bond donors (Lipinski definition) is 1. The van der Waals surface area contributed by atoms with E-state index in [4.69, 9.17) is 0 Å². The Labute approximate surface area is 122 Å². The lowest BCUT2D eigenvalue weighted by atomic mass is 9.71. The second-order valence-electron chi connectivity index (χ2n) is 6.79. The summed E-state index contributed by atoms with van der Waals surface area (Å²) in [5.41, 5.74) is -0.0139. The van der Waals surface area contributed by atoms with Gasteiger partial charge in [0.1, 0.15) is 5.78 Å². The molecule has 0 radical (unpaired) electrons. The van der Waals surface area contributed by atoms with Gasteiger partial charge in [-0.15, -0.1) is 0 Å². The van der Waals surface area contributed by atoms with Gasteiger partial charge in [-0.3, -0.25) is 4.79 Å². The van der Waals surface area contributed by atoms with Crippen LogP contribution in [0.2, 0.25) is 0 Å². The fraction of sp³-hybridized carbons (Fsp3) is 0.611. The van der Waals surface area contributed by atoms with Crippen molar-refractivity contribution < 1.29 is 9.90 Å². The minimum atomic E-state index is -0.916. The highest BCUT2D eigenvalue weighted by Gasteiger charge is 2.35. The number of carbonyl (C=O) groups excluding carboxylic acids is 1. The predicted molar refractivity (Wildman–Crippen MR) is 81.3 cm³/mol. The highest BCUT2D eigenvalue weighted by atomic mass is 16.3. The van der Waals surface area contributed by atoms with Gasteiger partial charge in [0.25, 0.3) is 0 Å². The fourth-order valence-corrected chi connectivity index (χ4v) is 3.34. The van der Waals surface area contributed by atoms with Gasteiger partial charge in [0.05, 0.1) is 5.60 Å². The Morgan fingerprint density at radius 2 is 1.95 bits per heavy atom. The molecule has 1 aliphatic carbocycles. The molecule has 0 saturated heterocycles. The van der Waals surface area contributed by atoms with Crippen LogP contribution in [0.1, 0.15) is 52.0 Å². The van der Waals surface area contributed by atoms with Crippen molar-refractivity contribution in [3.8, 4) is 0 Å². The van der Waals surface area contributed by atoms with Crippen molar-refractivity contribution in [2.45, 2.75) is 52.1 Å². The molecule has 3 unspecified atom stereocenters. The van der Waals surface area contributed by atoms with Crippen LogP contribution >= 0.6 is 0 Å². The van der Waals surface area contributed by atoms with E-state index in [1.165, 1.54) is 0 Å². The van der Waals surface area contributed by atoms with Crippen LogP contribution in [0.25, 0.3) is 0 Å². The first-order valence-electron chi connectivity index (χ1n) is 7.71. The Balaban J connectivity index is 2.09. The SMILES string of the molecule is CC(C)C1CCC(=O)C(CC(C)(O)c2ccccc2)C1. The number of rotatable bonds is 4. The molecule has 0 aromatic heterocycles. The molecule has 20 heavy (non-hydrogen) atoms. The molecular formula is C18H26O2. The molecule has 3 atom stereocenters. The van der Waals surface area contributed by atoms with Crippen molar-refractivity contribution in [1.82, 2.24) is 0 Å². The first kappa shape index (κ1) is 15.2.